The first-order valence-corrected chi connectivity index (χ1v) is 6.10. The van der Waals surface area contributed by atoms with Gasteiger partial charge in [-0.2, -0.15) is 0 Å². The Bertz CT molecular complexity index is 663. The molecule has 96 valence electrons. The molecule has 0 fully saturated rings. The van der Waals surface area contributed by atoms with Crippen molar-refractivity contribution in [2.45, 2.75) is 6.42 Å². The Labute approximate surface area is 110 Å². The van der Waals surface area contributed by atoms with Crippen molar-refractivity contribution in [3.8, 4) is 0 Å². The third-order valence-electron chi connectivity index (χ3n) is 2.99. The van der Waals surface area contributed by atoms with Gasteiger partial charge in [-0.05, 0) is 12.1 Å². The number of hydrogen-bond acceptors (Lipinski definition) is 5. The van der Waals surface area contributed by atoms with E-state index in [0.29, 0.717) is 5.65 Å². The molecule has 6 heteroatoms. The summed E-state index contributed by atoms with van der Waals surface area (Å²) in [5.74, 6) is 0.860. The van der Waals surface area contributed by atoms with Gasteiger partial charge in [0.05, 0.1) is 6.33 Å². The number of nitrogens with zero attached hydrogens (tertiary/aromatic N) is 5. The second kappa shape index (κ2) is 5.01. The fourth-order valence-electron chi connectivity index (χ4n) is 1.98. The highest BCUT2D eigenvalue weighted by atomic mass is 15.2. The van der Waals surface area contributed by atoms with Crippen LogP contribution in [0.5, 0.6) is 0 Å². The zero-order chi connectivity index (χ0) is 13.1. The predicted molar refractivity (Wildman–Crippen MR) is 72.9 cm³/mol. The number of hydrogen-bond donors (Lipinski definition) is 1. The van der Waals surface area contributed by atoms with Crippen molar-refractivity contribution in [2.75, 3.05) is 18.5 Å². The third-order valence-corrected chi connectivity index (χ3v) is 2.99. The van der Waals surface area contributed by atoms with Crippen LogP contribution in [0.1, 0.15) is 5.69 Å². The Hall–Kier alpha value is -2.50. The maximum atomic E-state index is 4.32. The number of pyridine rings is 1. The summed E-state index contributed by atoms with van der Waals surface area (Å²) in [7, 11) is 2.01. The molecule has 0 spiro atoms. The lowest BCUT2D eigenvalue weighted by atomic mass is 10.2. The van der Waals surface area contributed by atoms with Gasteiger partial charge in [0.1, 0.15) is 11.8 Å². The van der Waals surface area contributed by atoms with E-state index in [0.717, 1.165) is 30.0 Å². The van der Waals surface area contributed by atoms with Gasteiger partial charge in [0, 0.05) is 31.9 Å². The fourth-order valence-corrected chi connectivity index (χ4v) is 1.98. The molecule has 3 aromatic rings. The van der Waals surface area contributed by atoms with Crippen LogP contribution in [0.3, 0.4) is 0 Å². The van der Waals surface area contributed by atoms with E-state index < -0.39 is 0 Å². The molecule has 0 aliphatic rings. The Morgan fingerprint density at radius 2 is 2.11 bits per heavy atom. The number of anilines is 1. The summed E-state index contributed by atoms with van der Waals surface area (Å²) in [4.78, 5) is 22.0. The smallest absolute Gasteiger partial charge is 0.182 e. The molecule has 0 aliphatic heterocycles. The first-order chi connectivity index (χ1) is 9.34. The second-order valence-electron chi connectivity index (χ2n) is 4.29. The fraction of sp³-hybridized carbons (Fsp3) is 0.231. The Morgan fingerprint density at radius 3 is 2.95 bits per heavy atom. The molecule has 3 heterocycles. The molecule has 0 bridgehead atoms. The van der Waals surface area contributed by atoms with E-state index >= 15 is 0 Å². The molecule has 3 aromatic heterocycles. The van der Waals surface area contributed by atoms with Crippen molar-refractivity contribution in [3.05, 3.63) is 42.7 Å². The van der Waals surface area contributed by atoms with E-state index in [1.54, 1.807) is 6.33 Å². The quantitative estimate of drug-likeness (QED) is 0.762. The molecule has 19 heavy (non-hydrogen) atoms. The average Bonchev–Trinajstić information content (AvgIpc) is 2.94. The lowest BCUT2D eigenvalue weighted by molar-refractivity contribution is 0.840. The van der Waals surface area contributed by atoms with Crippen LogP contribution in [-0.2, 0) is 6.42 Å². The van der Waals surface area contributed by atoms with Gasteiger partial charge in [-0.3, -0.25) is 4.98 Å². The second-order valence-corrected chi connectivity index (χ2v) is 4.29. The number of aromatic amines is 1. The first kappa shape index (κ1) is 11.6. The third kappa shape index (κ3) is 2.37. The van der Waals surface area contributed by atoms with Gasteiger partial charge in [0.15, 0.2) is 11.5 Å². The molecule has 0 aliphatic carbocycles. The van der Waals surface area contributed by atoms with Crippen LogP contribution < -0.4 is 4.90 Å². The number of fused-ring (bicyclic) bond motifs is 1. The maximum absolute atomic E-state index is 4.32. The van der Waals surface area contributed by atoms with E-state index in [1.807, 2.05) is 31.4 Å². The predicted octanol–water partition coefficient (Wildman–Crippen LogP) is 1.43. The highest BCUT2D eigenvalue weighted by Gasteiger charge is 2.10. The number of rotatable bonds is 4. The topological polar surface area (TPSA) is 70.6 Å². The number of aromatic nitrogens is 5. The molecule has 3 rings (SSSR count). The minimum absolute atomic E-state index is 0.690. The summed E-state index contributed by atoms with van der Waals surface area (Å²) in [5.41, 5.74) is 2.63. The summed E-state index contributed by atoms with van der Waals surface area (Å²) in [5, 5.41) is 0. The summed E-state index contributed by atoms with van der Waals surface area (Å²) >= 11 is 0. The standard InChI is InChI=1S/C13H14N6/c1-19(7-5-10-4-2-3-6-14-10)13-11-12(16-8-15-11)17-9-18-13/h2-4,6,8-9H,5,7H2,1H3,(H,15,16,17,18). The lowest BCUT2D eigenvalue weighted by Crippen LogP contribution is -2.22. The molecule has 0 saturated heterocycles. The lowest BCUT2D eigenvalue weighted by Gasteiger charge is -2.17. The van der Waals surface area contributed by atoms with Gasteiger partial charge < -0.3 is 9.88 Å². The molecule has 0 aromatic carbocycles. The largest absolute Gasteiger partial charge is 0.357 e. The van der Waals surface area contributed by atoms with Crippen molar-refractivity contribution >= 4 is 17.0 Å². The van der Waals surface area contributed by atoms with Gasteiger partial charge in [-0.1, -0.05) is 6.07 Å². The van der Waals surface area contributed by atoms with Crippen LogP contribution in [0, 0.1) is 0 Å². The highest BCUT2D eigenvalue weighted by molar-refractivity contribution is 5.82. The Kier molecular flexibility index (Phi) is 3.06. The van der Waals surface area contributed by atoms with E-state index in [2.05, 4.69) is 29.8 Å². The number of H-pyrrole nitrogens is 1. The van der Waals surface area contributed by atoms with Gasteiger partial charge in [0.2, 0.25) is 0 Å². The monoisotopic (exact) mass is 254 g/mol. The van der Waals surface area contributed by atoms with Crippen LogP contribution in [0.4, 0.5) is 5.82 Å². The molecule has 1 N–H and O–H groups in total. The average molecular weight is 254 g/mol. The first-order valence-electron chi connectivity index (χ1n) is 6.10. The summed E-state index contributed by atoms with van der Waals surface area (Å²) in [6, 6.07) is 5.95. The van der Waals surface area contributed by atoms with Crippen molar-refractivity contribution in [1.82, 2.24) is 24.9 Å². The SMILES string of the molecule is CN(CCc1ccccn1)c1ncnc2nc[nH]c12. The summed E-state index contributed by atoms with van der Waals surface area (Å²) in [6.07, 6.45) is 5.86. The minimum atomic E-state index is 0.690. The van der Waals surface area contributed by atoms with E-state index in [-0.39, 0.29) is 0 Å². The molecule has 6 nitrogen and oxygen atoms in total. The molecule has 0 radical (unpaired) electrons. The molecule has 0 unspecified atom stereocenters. The normalized spacial score (nSPS) is 10.8. The molecular weight excluding hydrogens is 240 g/mol. The van der Waals surface area contributed by atoms with Crippen molar-refractivity contribution in [2.24, 2.45) is 0 Å². The molecular formula is C13H14N6. The van der Waals surface area contributed by atoms with Gasteiger partial charge >= 0.3 is 0 Å². The number of imidazole rings is 1. The summed E-state index contributed by atoms with van der Waals surface area (Å²) in [6.45, 7) is 0.835. The van der Waals surface area contributed by atoms with Crippen LogP contribution in [0.25, 0.3) is 11.2 Å². The zero-order valence-corrected chi connectivity index (χ0v) is 10.6. The van der Waals surface area contributed by atoms with Gasteiger partial charge in [0.25, 0.3) is 0 Å². The van der Waals surface area contributed by atoms with Crippen LogP contribution in [-0.4, -0.2) is 38.5 Å². The highest BCUT2D eigenvalue weighted by Crippen LogP contribution is 2.18. The molecule has 0 saturated carbocycles. The van der Waals surface area contributed by atoms with Crippen LogP contribution >= 0.6 is 0 Å². The molecule has 0 amide bonds. The van der Waals surface area contributed by atoms with Crippen molar-refractivity contribution in [3.63, 3.8) is 0 Å². The van der Waals surface area contributed by atoms with Crippen LogP contribution in [0.15, 0.2) is 37.1 Å². The van der Waals surface area contributed by atoms with Crippen LogP contribution in [0.2, 0.25) is 0 Å². The minimum Gasteiger partial charge on any atom is -0.357 e. The van der Waals surface area contributed by atoms with Gasteiger partial charge in [-0.25, -0.2) is 15.0 Å². The Morgan fingerprint density at radius 1 is 1.16 bits per heavy atom. The summed E-state index contributed by atoms with van der Waals surface area (Å²) < 4.78 is 0. The van der Waals surface area contributed by atoms with Crippen molar-refractivity contribution < 1.29 is 0 Å². The molecule has 0 atom stereocenters. The van der Waals surface area contributed by atoms with E-state index in [9.17, 15) is 0 Å². The van der Waals surface area contributed by atoms with E-state index in [4.69, 9.17) is 0 Å². The Balaban J connectivity index is 1.77. The maximum Gasteiger partial charge on any atom is 0.182 e. The van der Waals surface area contributed by atoms with Crippen molar-refractivity contribution in [1.29, 1.82) is 0 Å². The van der Waals surface area contributed by atoms with E-state index in [1.165, 1.54) is 6.33 Å². The zero-order valence-electron chi connectivity index (χ0n) is 10.6. The van der Waals surface area contributed by atoms with Gasteiger partial charge in [-0.15, -0.1) is 0 Å². The number of nitrogens with one attached hydrogen (secondary N) is 1. The number of likely N-dealkylation sites (N-methyl/N-ethyl adjacent to an activating group) is 1.